The van der Waals surface area contributed by atoms with Crippen LogP contribution in [0.1, 0.15) is 13.8 Å². The molecule has 0 aliphatic carbocycles. The van der Waals surface area contributed by atoms with Crippen molar-refractivity contribution >= 4 is 11.9 Å². The minimum Gasteiger partial charge on any atom is -0.340 e. The molecule has 17 heavy (non-hydrogen) atoms. The van der Waals surface area contributed by atoms with Crippen LogP contribution >= 0.6 is 0 Å². The number of amides is 1. The SMILES string of the molecule is CC#CCN1C(=O)C(C)N=C1N1CCNCC1. The first-order valence-corrected chi connectivity index (χ1v) is 5.98. The van der Waals surface area contributed by atoms with E-state index in [1.165, 1.54) is 0 Å². The molecule has 1 atom stereocenters. The Bertz CT molecular complexity index is 387. The van der Waals surface area contributed by atoms with E-state index in [-0.39, 0.29) is 11.9 Å². The van der Waals surface area contributed by atoms with Crippen LogP contribution in [0.15, 0.2) is 4.99 Å². The number of nitrogens with zero attached hydrogens (tertiary/aromatic N) is 3. The number of carbonyl (C=O) groups is 1. The van der Waals surface area contributed by atoms with Gasteiger partial charge in [0.2, 0.25) is 5.96 Å². The Morgan fingerprint density at radius 2 is 2.18 bits per heavy atom. The van der Waals surface area contributed by atoms with E-state index in [9.17, 15) is 4.79 Å². The molecule has 5 nitrogen and oxygen atoms in total. The molecule has 0 spiro atoms. The predicted molar refractivity (Wildman–Crippen MR) is 66.5 cm³/mol. The fraction of sp³-hybridized carbons (Fsp3) is 0.667. The second-order valence-electron chi connectivity index (χ2n) is 4.19. The molecule has 1 N–H and O–H groups in total. The van der Waals surface area contributed by atoms with Gasteiger partial charge in [-0.1, -0.05) is 5.92 Å². The van der Waals surface area contributed by atoms with Crippen molar-refractivity contribution in [3.05, 3.63) is 0 Å². The lowest BCUT2D eigenvalue weighted by Crippen LogP contribution is -2.52. The van der Waals surface area contributed by atoms with Crippen molar-refractivity contribution in [3.8, 4) is 11.8 Å². The molecule has 92 valence electrons. The predicted octanol–water partition coefficient (Wildman–Crippen LogP) is -0.498. The van der Waals surface area contributed by atoms with Crippen LogP contribution in [-0.2, 0) is 4.79 Å². The van der Waals surface area contributed by atoms with E-state index in [0.29, 0.717) is 6.54 Å². The Morgan fingerprint density at radius 3 is 2.82 bits per heavy atom. The van der Waals surface area contributed by atoms with Gasteiger partial charge in [0.15, 0.2) is 0 Å². The number of hydrogen-bond donors (Lipinski definition) is 1. The monoisotopic (exact) mass is 234 g/mol. The van der Waals surface area contributed by atoms with Crippen molar-refractivity contribution in [2.75, 3.05) is 32.7 Å². The van der Waals surface area contributed by atoms with Gasteiger partial charge in [0.25, 0.3) is 5.91 Å². The molecule has 1 unspecified atom stereocenters. The zero-order chi connectivity index (χ0) is 12.3. The second-order valence-corrected chi connectivity index (χ2v) is 4.19. The summed E-state index contributed by atoms with van der Waals surface area (Å²) < 4.78 is 0. The average molecular weight is 234 g/mol. The van der Waals surface area contributed by atoms with Crippen LogP contribution in [0.3, 0.4) is 0 Å². The van der Waals surface area contributed by atoms with Gasteiger partial charge in [-0.15, -0.1) is 5.92 Å². The summed E-state index contributed by atoms with van der Waals surface area (Å²) in [5, 5.41) is 3.29. The third kappa shape index (κ3) is 2.42. The maximum Gasteiger partial charge on any atom is 0.254 e. The number of guanidine groups is 1. The Labute approximate surface area is 102 Å². The van der Waals surface area contributed by atoms with E-state index in [1.807, 2.05) is 6.92 Å². The molecule has 2 heterocycles. The molecule has 0 aromatic carbocycles. The number of aliphatic imine (C=N–C) groups is 1. The highest BCUT2D eigenvalue weighted by molar-refractivity contribution is 6.04. The summed E-state index contributed by atoms with van der Waals surface area (Å²) >= 11 is 0. The summed E-state index contributed by atoms with van der Waals surface area (Å²) in [6, 6.07) is -0.265. The first-order valence-electron chi connectivity index (χ1n) is 5.98. The van der Waals surface area contributed by atoms with E-state index in [1.54, 1.807) is 11.8 Å². The van der Waals surface area contributed by atoms with Gasteiger partial charge < -0.3 is 10.2 Å². The Balaban J connectivity index is 2.13. The van der Waals surface area contributed by atoms with E-state index in [2.05, 4.69) is 27.0 Å². The molecular formula is C12H18N4O. The molecule has 0 aromatic heterocycles. The van der Waals surface area contributed by atoms with E-state index in [4.69, 9.17) is 0 Å². The summed E-state index contributed by atoms with van der Waals surface area (Å²) in [6.07, 6.45) is 0. The number of rotatable bonds is 1. The first-order chi connectivity index (χ1) is 8.24. The van der Waals surface area contributed by atoms with Gasteiger partial charge in [0, 0.05) is 26.2 Å². The molecular weight excluding hydrogens is 216 g/mol. The lowest BCUT2D eigenvalue weighted by molar-refractivity contribution is -0.126. The molecule has 2 aliphatic heterocycles. The summed E-state index contributed by atoms with van der Waals surface area (Å²) in [5.41, 5.74) is 0. The van der Waals surface area contributed by atoms with Crippen molar-refractivity contribution in [3.63, 3.8) is 0 Å². The topological polar surface area (TPSA) is 47.9 Å². The van der Waals surface area contributed by atoms with Gasteiger partial charge in [0.05, 0.1) is 6.54 Å². The zero-order valence-corrected chi connectivity index (χ0v) is 10.4. The fourth-order valence-corrected chi connectivity index (χ4v) is 2.05. The normalized spacial score (nSPS) is 24.5. The maximum absolute atomic E-state index is 12.0. The van der Waals surface area contributed by atoms with Crippen molar-refractivity contribution < 1.29 is 4.79 Å². The van der Waals surface area contributed by atoms with Gasteiger partial charge in [-0.3, -0.25) is 9.69 Å². The van der Waals surface area contributed by atoms with Crippen molar-refractivity contribution in [1.82, 2.24) is 15.1 Å². The highest BCUT2D eigenvalue weighted by Gasteiger charge is 2.34. The number of nitrogens with one attached hydrogen (secondary N) is 1. The third-order valence-corrected chi connectivity index (χ3v) is 2.99. The standard InChI is InChI=1S/C12H18N4O/c1-3-4-7-16-11(17)10(2)14-12(16)15-8-5-13-6-9-15/h10,13H,5-9H2,1-2H3. The molecule has 0 saturated carbocycles. The summed E-state index contributed by atoms with van der Waals surface area (Å²) in [7, 11) is 0. The minimum absolute atomic E-state index is 0.0567. The molecule has 0 bridgehead atoms. The van der Waals surface area contributed by atoms with Crippen molar-refractivity contribution in [1.29, 1.82) is 0 Å². The second kappa shape index (κ2) is 5.19. The lowest BCUT2D eigenvalue weighted by atomic mass is 10.3. The van der Waals surface area contributed by atoms with Crippen LogP contribution in [-0.4, -0.2) is 60.4 Å². The largest absolute Gasteiger partial charge is 0.340 e. The molecule has 0 radical (unpaired) electrons. The number of carbonyl (C=O) groups excluding carboxylic acids is 1. The van der Waals surface area contributed by atoms with Crippen LogP contribution in [0.2, 0.25) is 0 Å². The summed E-state index contributed by atoms with van der Waals surface area (Å²) in [4.78, 5) is 20.3. The van der Waals surface area contributed by atoms with E-state index < -0.39 is 0 Å². The van der Waals surface area contributed by atoms with E-state index in [0.717, 1.165) is 32.1 Å². The Morgan fingerprint density at radius 1 is 1.47 bits per heavy atom. The molecule has 1 fully saturated rings. The average Bonchev–Trinajstić information content (AvgIpc) is 2.65. The number of piperazine rings is 1. The van der Waals surface area contributed by atoms with Gasteiger partial charge >= 0.3 is 0 Å². The van der Waals surface area contributed by atoms with Crippen molar-refractivity contribution in [2.45, 2.75) is 19.9 Å². The molecule has 0 aromatic rings. The van der Waals surface area contributed by atoms with Crippen molar-refractivity contribution in [2.24, 2.45) is 4.99 Å². The van der Waals surface area contributed by atoms with Gasteiger partial charge in [0.1, 0.15) is 6.04 Å². The van der Waals surface area contributed by atoms with Crippen LogP contribution < -0.4 is 5.32 Å². The highest BCUT2D eigenvalue weighted by Crippen LogP contribution is 2.13. The summed E-state index contributed by atoms with van der Waals surface area (Å²) in [6.45, 7) is 7.74. The summed E-state index contributed by atoms with van der Waals surface area (Å²) in [5.74, 6) is 6.62. The van der Waals surface area contributed by atoms with E-state index >= 15 is 0 Å². The maximum atomic E-state index is 12.0. The Kier molecular flexibility index (Phi) is 3.64. The van der Waals surface area contributed by atoms with Gasteiger partial charge in [-0.25, -0.2) is 4.99 Å². The smallest absolute Gasteiger partial charge is 0.254 e. The third-order valence-electron chi connectivity index (χ3n) is 2.99. The van der Waals surface area contributed by atoms with Crippen LogP contribution in [0, 0.1) is 11.8 Å². The highest BCUT2D eigenvalue weighted by atomic mass is 16.2. The fourth-order valence-electron chi connectivity index (χ4n) is 2.05. The van der Waals surface area contributed by atoms with Crippen LogP contribution in [0.5, 0.6) is 0 Å². The van der Waals surface area contributed by atoms with Gasteiger partial charge in [-0.2, -0.15) is 0 Å². The van der Waals surface area contributed by atoms with Gasteiger partial charge in [-0.05, 0) is 13.8 Å². The first kappa shape index (κ1) is 11.9. The number of hydrogen-bond acceptors (Lipinski definition) is 4. The van der Waals surface area contributed by atoms with Crippen LogP contribution in [0.25, 0.3) is 0 Å². The molecule has 1 saturated heterocycles. The van der Waals surface area contributed by atoms with Crippen LogP contribution in [0.4, 0.5) is 0 Å². The quantitative estimate of drug-likeness (QED) is 0.622. The Hall–Kier alpha value is -1.54. The lowest BCUT2D eigenvalue weighted by Gasteiger charge is -2.32. The molecule has 5 heteroatoms. The molecule has 2 rings (SSSR count). The molecule has 1 amide bonds. The molecule has 2 aliphatic rings. The zero-order valence-electron chi connectivity index (χ0n) is 10.4. The minimum atomic E-state index is -0.265.